The third kappa shape index (κ3) is 2.60. The number of amides is 4. The van der Waals surface area contributed by atoms with Crippen molar-refractivity contribution in [1.82, 2.24) is 10.2 Å². The molecule has 0 aliphatic carbocycles. The smallest absolute Gasteiger partial charge is 0.325 e. The first-order chi connectivity index (χ1) is 8.58. The lowest BCUT2D eigenvalue weighted by atomic mass is 10.3. The summed E-state index contributed by atoms with van der Waals surface area (Å²) in [5.41, 5.74) is 0.441. The van der Waals surface area contributed by atoms with Crippen LogP contribution in [0.25, 0.3) is 0 Å². The number of hydrogen-bond donors (Lipinski definition) is 2. The van der Waals surface area contributed by atoms with Crippen molar-refractivity contribution < 1.29 is 14.4 Å². The van der Waals surface area contributed by atoms with E-state index in [1.807, 2.05) is 0 Å². The van der Waals surface area contributed by atoms with E-state index in [2.05, 4.69) is 10.6 Å². The normalized spacial score (nSPS) is 14.6. The second-order valence-electron chi connectivity index (χ2n) is 3.67. The van der Waals surface area contributed by atoms with Crippen LogP contribution in [0.2, 0.25) is 5.02 Å². The maximum atomic E-state index is 11.7. The molecule has 1 heterocycles. The molecule has 2 N–H and O–H groups in total. The van der Waals surface area contributed by atoms with Crippen LogP contribution in [-0.2, 0) is 9.59 Å². The molecule has 2 rings (SSSR count). The Morgan fingerprint density at radius 1 is 1.39 bits per heavy atom. The van der Waals surface area contributed by atoms with Gasteiger partial charge in [-0.2, -0.15) is 0 Å². The van der Waals surface area contributed by atoms with Gasteiger partial charge in [-0.15, -0.1) is 0 Å². The van der Waals surface area contributed by atoms with E-state index in [1.54, 1.807) is 24.3 Å². The van der Waals surface area contributed by atoms with Crippen LogP contribution in [0, 0.1) is 0 Å². The van der Waals surface area contributed by atoms with Crippen molar-refractivity contribution in [2.45, 2.75) is 0 Å². The molecule has 0 atom stereocenters. The molecular formula is C11H10ClN3O3. The van der Waals surface area contributed by atoms with Gasteiger partial charge in [-0.1, -0.05) is 23.7 Å². The maximum absolute atomic E-state index is 11.7. The fourth-order valence-corrected chi connectivity index (χ4v) is 1.69. The van der Waals surface area contributed by atoms with Crippen molar-refractivity contribution >= 4 is 35.1 Å². The number of carbonyl (C=O) groups excluding carboxylic acids is 3. The summed E-state index contributed by atoms with van der Waals surface area (Å²) in [4.78, 5) is 35.0. The van der Waals surface area contributed by atoms with Gasteiger partial charge in [0, 0.05) is 0 Å². The lowest BCUT2D eigenvalue weighted by Gasteiger charge is -2.12. The molecule has 6 nitrogen and oxygen atoms in total. The fourth-order valence-electron chi connectivity index (χ4n) is 1.51. The Hall–Kier alpha value is -2.08. The minimum absolute atomic E-state index is 0.0712. The van der Waals surface area contributed by atoms with Crippen LogP contribution in [0.5, 0.6) is 0 Å². The highest BCUT2D eigenvalue weighted by Crippen LogP contribution is 2.20. The molecule has 94 valence electrons. The third-order valence-electron chi connectivity index (χ3n) is 2.39. The van der Waals surface area contributed by atoms with Crippen LogP contribution in [-0.4, -0.2) is 35.8 Å². The second kappa shape index (κ2) is 5.05. The molecule has 1 aromatic rings. The van der Waals surface area contributed by atoms with E-state index in [4.69, 9.17) is 11.6 Å². The van der Waals surface area contributed by atoms with Gasteiger partial charge in [0.25, 0.3) is 5.91 Å². The predicted molar refractivity (Wildman–Crippen MR) is 65.2 cm³/mol. The van der Waals surface area contributed by atoms with Crippen molar-refractivity contribution in [2.24, 2.45) is 0 Å². The summed E-state index contributed by atoms with van der Waals surface area (Å²) >= 11 is 5.87. The van der Waals surface area contributed by atoms with Crippen LogP contribution in [0.15, 0.2) is 24.3 Å². The highest BCUT2D eigenvalue weighted by molar-refractivity contribution is 6.33. The van der Waals surface area contributed by atoms with Gasteiger partial charge in [0.1, 0.15) is 6.54 Å². The minimum Gasteiger partial charge on any atom is -0.329 e. The molecule has 0 radical (unpaired) electrons. The third-order valence-corrected chi connectivity index (χ3v) is 2.72. The summed E-state index contributed by atoms with van der Waals surface area (Å²) in [7, 11) is 0. The number of benzene rings is 1. The quantitative estimate of drug-likeness (QED) is 0.796. The van der Waals surface area contributed by atoms with E-state index in [0.29, 0.717) is 10.7 Å². The molecule has 0 spiro atoms. The molecule has 1 fully saturated rings. The number of hydrogen-bond acceptors (Lipinski definition) is 3. The van der Waals surface area contributed by atoms with Gasteiger partial charge in [0.05, 0.1) is 17.3 Å². The van der Waals surface area contributed by atoms with Crippen LogP contribution in [0.4, 0.5) is 10.5 Å². The number of imide groups is 1. The Kier molecular flexibility index (Phi) is 3.47. The number of urea groups is 1. The standard InChI is InChI=1S/C11H10ClN3O3/c12-7-3-1-2-4-8(7)14-9(16)6-15-10(17)5-13-11(15)18/h1-4H,5-6H2,(H,13,18)(H,14,16). The zero-order valence-electron chi connectivity index (χ0n) is 9.27. The molecule has 1 aliphatic heterocycles. The zero-order valence-corrected chi connectivity index (χ0v) is 10.0. The highest BCUT2D eigenvalue weighted by Gasteiger charge is 2.30. The van der Waals surface area contributed by atoms with Gasteiger partial charge in [-0.05, 0) is 12.1 Å². The van der Waals surface area contributed by atoms with Gasteiger partial charge in [0.15, 0.2) is 0 Å². The van der Waals surface area contributed by atoms with E-state index in [1.165, 1.54) is 0 Å². The fraction of sp³-hybridized carbons (Fsp3) is 0.182. The molecule has 18 heavy (non-hydrogen) atoms. The topological polar surface area (TPSA) is 78.5 Å². The van der Waals surface area contributed by atoms with Crippen LogP contribution < -0.4 is 10.6 Å². The van der Waals surface area contributed by atoms with E-state index in [-0.39, 0.29) is 13.1 Å². The van der Waals surface area contributed by atoms with Crippen molar-refractivity contribution in [1.29, 1.82) is 0 Å². The SMILES string of the molecule is O=C(CN1C(=O)CNC1=O)Nc1ccccc1Cl. The van der Waals surface area contributed by atoms with Gasteiger partial charge < -0.3 is 10.6 Å². The Balaban J connectivity index is 1.99. The molecular weight excluding hydrogens is 258 g/mol. The van der Waals surface area contributed by atoms with Crippen molar-refractivity contribution in [3.8, 4) is 0 Å². The van der Waals surface area contributed by atoms with E-state index >= 15 is 0 Å². The molecule has 7 heteroatoms. The molecule has 0 saturated carbocycles. The molecule has 0 bridgehead atoms. The van der Waals surface area contributed by atoms with E-state index < -0.39 is 17.8 Å². The average molecular weight is 268 g/mol. The largest absolute Gasteiger partial charge is 0.329 e. The predicted octanol–water partition coefficient (Wildman–Crippen LogP) is 0.830. The maximum Gasteiger partial charge on any atom is 0.325 e. The average Bonchev–Trinajstić information content (AvgIpc) is 2.64. The minimum atomic E-state index is -0.561. The lowest BCUT2D eigenvalue weighted by Crippen LogP contribution is -2.38. The molecule has 1 aromatic carbocycles. The first kappa shape index (κ1) is 12.4. The summed E-state index contributed by atoms with van der Waals surface area (Å²) in [6, 6.07) is 6.15. The number of nitrogens with one attached hydrogen (secondary N) is 2. The van der Waals surface area contributed by atoms with Gasteiger partial charge in [-0.25, -0.2) is 4.79 Å². The summed E-state index contributed by atoms with van der Waals surface area (Å²) < 4.78 is 0. The monoisotopic (exact) mass is 267 g/mol. The molecule has 0 aromatic heterocycles. The number of nitrogens with zero attached hydrogens (tertiary/aromatic N) is 1. The number of anilines is 1. The first-order valence-corrected chi connectivity index (χ1v) is 5.58. The van der Waals surface area contributed by atoms with Crippen LogP contribution >= 0.6 is 11.6 Å². The van der Waals surface area contributed by atoms with E-state index in [9.17, 15) is 14.4 Å². The summed E-state index contributed by atoms with van der Waals surface area (Å²) in [5, 5.41) is 5.26. The Morgan fingerprint density at radius 2 is 2.11 bits per heavy atom. The number of rotatable bonds is 3. The summed E-state index contributed by atoms with van der Waals surface area (Å²) in [6.45, 7) is -0.395. The van der Waals surface area contributed by atoms with Crippen molar-refractivity contribution in [3.63, 3.8) is 0 Å². The van der Waals surface area contributed by atoms with Gasteiger partial charge in [0.2, 0.25) is 5.91 Å². The zero-order chi connectivity index (χ0) is 13.1. The van der Waals surface area contributed by atoms with Gasteiger partial charge in [-0.3, -0.25) is 14.5 Å². The Morgan fingerprint density at radius 3 is 2.72 bits per heavy atom. The lowest BCUT2D eigenvalue weighted by molar-refractivity contribution is -0.128. The second-order valence-corrected chi connectivity index (χ2v) is 4.07. The van der Waals surface area contributed by atoms with Crippen LogP contribution in [0.1, 0.15) is 0 Å². The van der Waals surface area contributed by atoms with Gasteiger partial charge >= 0.3 is 6.03 Å². The molecule has 1 aliphatic rings. The highest BCUT2D eigenvalue weighted by atomic mass is 35.5. The summed E-state index contributed by atoms with van der Waals surface area (Å²) in [6.07, 6.45) is 0. The van der Waals surface area contributed by atoms with Crippen molar-refractivity contribution in [3.05, 3.63) is 29.3 Å². The van der Waals surface area contributed by atoms with Crippen LogP contribution in [0.3, 0.4) is 0 Å². The Bertz CT molecular complexity index is 502. The molecule has 1 saturated heterocycles. The number of carbonyl (C=O) groups is 3. The Labute approximate surface area is 108 Å². The number of para-hydroxylation sites is 1. The van der Waals surface area contributed by atoms with Crippen molar-refractivity contribution in [2.75, 3.05) is 18.4 Å². The first-order valence-electron chi connectivity index (χ1n) is 5.20. The molecule has 0 unspecified atom stereocenters. The number of halogens is 1. The molecule has 4 amide bonds. The summed E-state index contributed by atoms with van der Waals surface area (Å²) in [5.74, 6) is -0.900. The van der Waals surface area contributed by atoms with E-state index in [0.717, 1.165) is 4.90 Å².